The average molecular weight is 276 g/mol. The van der Waals surface area contributed by atoms with E-state index in [9.17, 15) is 9.90 Å². The summed E-state index contributed by atoms with van der Waals surface area (Å²) >= 11 is 0. The first-order valence-corrected chi connectivity index (χ1v) is 7.33. The Bertz CT molecular complexity index is 487. The number of benzene rings is 1. The summed E-state index contributed by atoms with van der Waals surface area (Å²) in [7, 11) is 1.99. The van der Waals surface area contributed by atoms with Gasteiger partial charge in [0.15, 0.2) is 0 Å². The minimum absolute atomic E-state index is 0.0792. The molecule has 1 aliphatic rings. The Morgan fingerprint density at radius 2 is 2.25 bits per heavy atom. The van der Waals surface area contributed by atoms with Gasteiger partial charge < -0.3 is 15.3 Å². The van der Waals surface area contributed by atoms with Crippen molar-refractivity contribution < 1.29 is 9.90 Å². The van der Waals surface area contributed by atoms with Gasteiger partial charge in [0.25, 0.3) is 5.91 Å². The third-order valence-electron chi connectivity index (χ3n) is 4.36. The van der Waals surface area contributed by atoms with Crippen molar-refractivity contribution in [2.45, 2.75) is 32.7 Å². The van der Waals surface area contributed by atoms with Crippen LogP contribution >= 0.6 is 0 Å². The van der Waals surface area contributed by atoms with Gasteiger partial charge in [-0.1, -0.05) is 13.3 Å². The van der Waals surface area contributed by atoms with Crippen LogP contribution in [0.3, 0.4) is 0 Å². The number of rotatable bonds is 3. The van der Waals surface area contributed by atoms with Crippen molar-refractivity contribution in [3.8, 4) is 5.75 Å². The van der Waals surface area contributed by atoms with Crippen molar-refractivity contribution in [2.24, 2.45) is 5.92 Å². The third-order valence-corrected chi connectivity index (χ3v) is 4.36. The van der Waals surface area contributed by atoms with Crippen LogP contribution in [0, 0.1) is 12.8 Å². The first kappa shape index (κ1) is 14.9. The first-order chi connectivity index (χ1) is 9.56. The lowest BCUT2D eigenvalue weighted by Gasteiger charge is -2.38. The fourth-order valence-corrected chi connectivity index (χ4v) is 3.07. The maximum Gasteiger partial charge on any atom is 0.254 e. The number of likely N-dealkylation sites (tertiary alicyclic amines) is 1. The Morgan fingerprint density at radius 3 is 2.85 bits per heavy atom. The number of carbonyl (C=O) groups is 1. The molecule has 1 heterocycles. The SMILES string of the molecule is CCC1CN(C(=O)c2ccc(O)cc2C)CCC1NC. The van der Waals surface area contributed by atoms with E-state index in [1.807, 2.05) is 18.9 Å². The summed E-state index contributed by atoms with van der Waals surface area (Å²) in [4.78, 5) is 14.6. The molecule has 110 valence electrons. The first-order valence-electron chi connectivity index (χ1n) is 7.33. The lowest BCUT2D eigenvalue weighted by atomic mass is 9.89. The molecular formula is C16H24N2O2. The number of amides is 1. The molecule has 1 fully saturated rings. The van der Waals surface area contributed by atoms with E-state index in [2.05, 4.69) is 12.2 Å². The molecule has 2 rings (SSSR count). The van der Waals surface area contributed by atoms with Gasteiger partial charge in [-0.2, -0.15) is 0 Å². The summed E-state index contributed by atoms with van der Waals surface area (Å²) in [6, 6.07) is 5.45. The van der Waals surface area contributed by atoms with Gasteiger partial charge in [0, 0.05) is 24.7 Å². The van der Waals surface area contributed by atoms with Gasteiger partial charge in [0.05, 0.1) is 0 Å². The molecule has 1 saturated heterocycles. The van der Waals surface area contributed by atoms with Crippen LogP contribution in [0.4, 0.5) is 0 Å². The summed E-state index contributed by atoms with van der Waals surface area (Å²) in [5, 5.41) is 12.8. The molecule has 0 radical (unpaired) electrons. The zero-order valence-corrected chi connectivity index (χ0v) is 12.5. The topological polar surface area (TPSA) is 52.6 Å². The largest absolute Gasteiger partial charge is 0.508 e. The fraction of sp³-hybridized carbons (Fsp3) is 0.562. The molecule has 4 heteroatoms. The lowest BCUT2D eigenvalue weighted by molar-refractivity contribution is 0.0631. The number of nitrogens with one attached hydrogen (secondary N) is 1. The van der Waals surface area contributed by atoms with Crippen LogP contribution in [-0.4, -0.2) is 42.1 Å². The van der Waals surface area contributed by atoms with Crippen LogP contribution in [0.2, 0.25) is 0 Å². The van der Waals surface area contributed by atoms with Crippen molar-refractivity contribution in [1.82, 2.24) is 10.2 Å². The summed E-state index contributed by atoms with van der Waals surface area (Å²) in [5.41, 5.74) is 1.53. The molecule has 0 bridgehead atoms. The van der Waals surface area contributed by atoms with E-state index in [-0.39, 0.29) is 11.7 Å². The lowest BCUT2D eigenvalue weighted by Crippen LogP contribution is -2.50. The highest BCUT2D eigenvalue weighted by molar-refractivity contribution is 5.95. The molecule has 0 spiro atoms. The van der Waals surface area contributed by atoms with Crippen LogP contribution in [0.25, 0.3) is 0 Å². The van der Waals surface area contributed by atoms with Crippen molar-refractivity contribution in [1.29, 1.82) is 0 Å². The van der Waals surface area contributed by atoms with Crippen LogP contribution in [-0.2, 0) is 0 Å². The number of aromatic hydroxyl groups is 1. The van der Waals surface area contributed by atoms with Gasteiger partial charge in [-0.05, 0) is 50.1 Å². The Morgan fingerprint density at radius 1 is 1.50 bits per heavy atom. The second kappa shape index (κ2) is 6.27. The van der Waals surface area contributed by atoms with E-state index < -0.39 is 0 Å². The molecule has 1 aromatic rings. The smallest absolute Gasteiger partial charge is 0.254 e. The number of hydrogen-bond donors (Lipinski definition) is 2. The summed E-state index contributed by atoms with van der Waals surface area (Å²) < 4.78 is 0. The average Bonchev–Trinajstić information content (AvgIpc) is 2.45. The van der Waals surface area contributed by atoms with Gasteiger partial charge in [-0.25, -0.2) is 0 Å². The Hall–Kier alpha value is -1.55. The van der Waals surface area contributed by atoms with Crippen LogP contribution < -0.4 is 5.32 Å². The number of aryl methyl sites for hydroxylation is 1. The minimum Gasteiger partial charge on any atom is -0.508 e. The number of phenols is 1. The highest BCUT2D eigenvalue weighted by Gasteiger charge is 2.30. The van der Waals surface area contributed by atoms with E-state index in [1.54, 1.807) is 18.2 Å². The zero-order chi connectivity index (χ0) is 14.7. The molecule has 1 amide bonds. The van der Waals surface area contributed by atoms with Crippen molar-refractivity contribution in [3.63, 3.8) is 0 Å². The predicted molar refractivity (Wildman–Crippen MR) is 80.0 cm³/mol. The number of phenolic OH excluding ortho intramolecular Hbond substituents is 1. The quantitative estimate of drug-likeness (QED) is 0.889. The number of hydrogen-bond acceptors (Lipinski definition) is 3. The Balaban J connectivity index is 2.13. The van der Waals surface area contributed by atoms with Gasteiger partial charge in [-0.15, -0.1) is 0 Å². The van der Waals surface area contributed by atoms with Crippen LogP contribution in [0.15, 0.2) is 18.2 Å². The molecule has 2 unspecified atom stereocenters. The maximum atomic E-state index is 12.6. The van der Waals surface area contributed by atoms with Gasteiger partial charge >= 0.3 is 0 Å². The second-order valence-corrected chi connectivity index (χ2v) is 5.60. The predicted octanol–water partition coefficient (Wildman–Crippen LogP) is 2.16. The molecule has 1 aliphatic heterocycles. The maximum absolute atomic E-state index is 12.6. The molecule has 2 N–H and O–H groups in total. The molecule has 0 aliphatic carbocycles. The van der Waals surface area contributed by atoms with Gasteiger partial charge in [0.1, 0.15) is 5.75 Å². The van der Waals surface area contributed by atoms with Crippen molar-refractivity contribution in [3.05, 3.63) is 29.3 Å². The molecule has 4 nitrogen and oxygen atoms in total. The summed E-state index contributed by atoms with van der Waals surface area (Å²) in [6.07, 6.45) is 2.07. The highest BCUT2D eigenvalue weighted by Crippen LogP contribution is 2.23. The molecule has 2 atom stereocenters. The summed E-state index contributed by atoms with van der Waals surface area (Å²) in [5.74, 6) is 0.796. The Kier molecular flexibility index (Phi) is 4.65. The minimum atomic E-state index is 0.0792. The van der Waals surface area contributed by atoms with E-state index in [0.717, 1.165) is 31.5 Å². The van der Waals surface area contributed by atoms with E-state index in [1.165, 1.54) is 0 Å². The van der Waals surface area contributed by atoms with E-state index in [4.69, 9.17) is 0 Å². The number of nitrogens with zero attached hydrogens (tertiary/aromatic N) is 1. The third kappa shape index (κ3) is 2.96. The van der Waals surface area contributed by atoms with Crippen molar-refractivity contribution in [2.75, 3.05) is 20.1 Å². The van der Waals surface area contributed by atoms with Crippen molar-refractivity contribution >= 4 is 5.91 Å². The second-order valence-electron chi connectivity index (χ2n) is 5.60. The van der Waals surface area contributed by atoms with E-state index >= 15 is 0 Å². The summed E-state index contributed by atoms with van der Waals surface area (Å²) in [6.45, 7) is 5.64. The van der Waals surface area contributed by atoms with E-state index in [0.29, 0.717) is 17.5 Å². The molecule has 0 saturated carbocycles. The number of piperidine rings is 1. The fourth-order valence-electron chi connectivity index (χ4n) is 3.07. The van der Waals surface area contributed by atoms with Crippen LogP contribution in [0.1, 0.15) is 35.7 Å². The standard InChI is InChI=1S/C16H24N2O2/c1-4-12-10-18(8-7-15(12)17-3)16(20)14-6-5-13(19)9-11(14)2/h5-6,9,12,15,17,19H,4,7-8,10H2,1-3H3. The highest BCUT2D eigenvalue weighted by atomic mass is 16.3. The Labute approximate surface area is 120 Å². The monoisotopic (exact) mass is 276 g/mol. The normalized spacial score (nSPS) is 22.9. The van der Waals surface area contributed by atoms with Gasteiger partial charge in [0.2, 0.25) is 0 Å². The molecule has 20 heavy (non-hydrogen) atoms. The molecule has 1 aromatic carbocycles. The molecular weight excluding hydrogens is 252 g/mol. The van der Waals surface area contributed by atoms with Gasteiger partial charge in [-0.3, -0.25) is 4.79 Å². The number of carbonyl (C=O) groups excluding carboxylic acids is 1. The van der Waals surface area contributed by atoms with Crippen LogP contribution in [0.5, 0.6) is 5.75 Å². The zero-order valence-electron chi connectivity index (χ0n) is 12.5. The molecule has 0 aromatic heterocycles.